The Morgan fingerprint density at radius 2 is 2.04 bits per heavy atom. The van der Waals surface area contributed by atoms with E-state index < -0.39 is 17.7 Å². The molecule has 1 amide bonds. The van der Waals surface area contributed by atoms with Crippen LogP contribution in [0.4, 0.5) is 10.1 Å². The second-order valence-corrected chi connectivity index (χ2v) is 6.93. The molecule has 0 bridgehead atoms. The maximum absolute atomic E-state index is 14.8. The number of nitrogens with one attached hydrogen (secondary N) is 1. The van der Waals surface area contributed by atoms with Crippen molar-refractivity contribution in [2.75, 3.05) is 17.7 Å². The number of allylic oxidation sites excluding steroid dienone is 1. The van der Waals surface area contributed by atoms with Gasteiger partial charge in [-0.2, -0.15) is 0 Å². The fourth-order valence-corrected chi connectivity index (χ4v) is 3.50. The highest BCUT2D eigenvalue weighted by Crippen LogP contribution is 2.32. The smallest absolute Gasteiger partial charge is 0.336 e. The van der Waals surface area contributed by atoms with Gasteiger partial charge in [0.2, 0.25) is 0 Å². The first-order valence-corrected chi connectivity index (χ1v) is 8.56. The van der Waals surface area contributed by atoms with E-state index in [9.17, 15) is 19.1 Å². The summed E-state index contributed by atoms with van der Waals surface area (Å²) in [6, 6.07) is 1.17. The number of benzene rings is 1. The van der Waals surface area contributed by atoms with Gasteiger partial charge in [0.15, 0.2) is 0 Å². The molecular formula is C17H20FNO4S. The SMILES string of the molecule is CC1=C(C(=O)Nc2cc(C(=O)O)c(C)c(C(C)C)c2F)SCCO1. The Hall–Kier alpha value is -2.02. The van der Waals surface area contributed by atoms with Gasteiger partial charge in [-0.3, -0.25) is 4.79 Å². The van der Waals surface area contributed by atoms with Crippen LogP contribution in [0.5, 0.6) is 0 Å². The van der Waals surface area contributed by atoms with Crippen LogP contribution in [-0.2, 0) is 9.53 Å². The van der Waals surface area contributed by atoms with E-state index in [1.54, 1.807) is 27.7 Å². The van der Waals surface area contributed by atoms with Crippen molar-refractivity contribution in [1.29, 1.82) is 0 Å². The van der Waals surface area contributed by atoms with Crippen molar-refractivity contribution in [2.24, 2.45) is 0 Å². The van der Waals surface area contributed by atoms with Crippen molar-refractivity contribution in [2.45, 2.75) is 33.6 Å². The average Bonchev–Trinajstić information content (AvgIpc) is 2.49. The number of carbonyl (C=O) groups excluding carboxylic acids is 1. The molecular weight excluding hydrogens is 333 g/mol. The molecule has 0 aromatic heterocycles. The lowest BCUT2D eigenvalue weighted by atomic mass is 9.92. The van der Waals surface area contributed by atoms with Crippen molar-refractivity contribution in [3.8, 4) is 0 Å². The minimum atomic E-state index is -1.16. The zero-order valence-electron chi connectivity index (χ0n) is 14.0. The molecule has 1 aromatic rings. The van der Waals surface area contributed by atoms with Crippen LogP contribution in [-0.4, -0.2) is 29.3 Å². The molecule has 2 rings (SSSR count). The number of carboxylic acid groups (broad SMARTS) is 1. The van der Waals surface area contributed by atoms with E-state index in [0.717, 1.165) is 0 Å². The Balaban J connectivity index is 2.47. The first-order chi connectivity index (χ1) is 11.2. The normalized spacial score (nSPS) is 14.6. The quantitative estimate of drug-likeness (QED) is 0.859. The van der Waals surface area contributed by atoms with Gasteiger partial charge in [-0.1, -0.05) is 13.8 Å². The number of hydrogen-bond donors (Lipinski definition) is 2. The first kappa shape index (κ1) is 18.3. The molecule has 1 aromatic carbocycles. The highest BCUT2D eigenvalue weighted by atomic mass is 32.2. The summed E-state index contributed by atoms with van der Waals surface area (Å²) in [5.41, 5.74) is 0.522. The monoisotopic (exact) mass is 353 g/mol. The number of hydrogen-bond acceptors (Lipinski definition) is 4. The standard InChI is InChI=1S/C17H20FNO4S/c1-8(2)13-9(3)11(17(21)22)7-12(14(13)18)19-16(20)15-10(4)23-5-6-24-15/h7-8H,5-6H2,1-4H3,(H,19,20)(H,21,22). The van der Waals surface area contributed by atoms with E-state index in [4.69, 9.17) is 4.74 Å². The number of aromatic carboxylic acids is 1. The zero-order valence-corrected chi connectivity index (χ0v) is 14.8. The molecule has 130 valence electrons. The zero-order chi connectivity index (χ0) is 18.0. The van der Waals surface area contributed by atoms with Gasteiger partial charge in [0.05, 0.1) is 17.9 Å². The molecule has 0 unspecified atom stereocenters. The molecule has 1 heterocycles. The van der Waals surface area contributed by atoms with E-state index >= 15 is 0 Å². The molecule has 0 radical (unpaired) electrons. The number of carboxylic acids is 1. The number of halogens is 1. The maximum atomic E-state index is 14.8. The third kappa shape index (κ3) is 3.56. The van der Waals surface area contributed by atoms with Crippen molar-refractivity contribution in [1.82, 2.24) is 0 Å². The molecule has 5 nitrogen and oxygen atoms in total. The summed E-state index contributed by atoms with van der Waals surface area (Å²) in [4.78, 5) is 24.2. The molecule has 24 heavy (non-hydrogen) atoms. The van der Waals surface area contributed by atoms with Gasteiger partial charge < -0.3 is 15.2 Å². The number of rotatable bonds is 4. The van der Waals surface area contributed by atoms with Crippen LogP contribution in [0.2, 0.25) is 0 Å². The van der Waals surface area contributed by atoms with Crippen LogP contribution < -0.4 is 5.32 Å². The molecule has 0 saturated carbocycles. The molecule has 2 N–H and O–H groups in total. The molecule has 0 saturated heterocycles. The third-order valence-corrected chi connectivity index (χ3v) is 4.93. The molecule has 1 aliphatic heterocycles. The lowest BCUT2D eigenvalue weighted by Crippen LogP contribution is -2.20. The van der Waals surface area contributed by atoms with E-state index in [0.29, 0.717) is 34.2 Å². The highest BCUT2D eigenvalue weighted by Gasteiger charge is 2.24. The summed E-state index contributed by atoms with van der Waals surface area (Å²) in [6.07, 6.45) is 0. The fraction of sp³-hybridized carbons (Fsp3) is 0.412. The van der Waals surface area contributed by atoms with E-state index in [2.05, 4.69) is 5.32 Å². The lowest BCUT2D eigenvalue weighted by molar-refractivity contribution is -0.112. The number of carbonyl (C=O) groups is 2. The van der Waals surface area contributed by atoms with Gasteiger partial charge in [0.25, 0.3) is 5.91 Å². The highest BCUT2D eigenvalue weighted by molar-refractivity contribution is 8.04. The van der Waals surface area contributed by atoms with Gasteiger partial charge >= 0.3 is 5.97 Å². The Labute approximate surface area is 144 Å². The van der Waals surface area contributed by atoms with Crippen LogP contribution in [0.3, 0.4) is 0 Å². The molecule has 0 aliphatic carbocycles. The Bertz CT molecular complexity index is 728. The van der Waals surface area contributed by atoms with Crippen LogP contribution in [0.25, 0.3) is 0 Å². The van der Waals surface area contributed by atoms with Gasteiger partial charge in [-0.05, 0) is 37.0 Å². The van der Waals surface area contributed by atoms with Crippen LogP contribution in [0.1, 0.15) is 48.2 Å². The van der Waals surface area contributed by atoms with Crippen molar-refractivity contribution in [3.63, 3.8) is 0 Å². The first-order valence-electron chi connectivity index (χ1n) is 7.58. The number of amides is 1. The summed E-state index contributed by atoms with van der Waals surface area (Å²) >= 11 is 1.33. The molecule has 7 heteroatoms. The van der Waals surface area contributed by atoms with Gasteiger partial charge in [0.1, 0.15) is 16.5 Å². The largest absolute Gasteiger partial charge is 0.496 e. The van der Waals surface area contributed by atoms with E-state index in [1.807, 2.05) is 0 Å². The van der Waals surface area contributed by atoms with Gasteiger partial charge in [-0.25, -0.2) is 9.18 Å². The third-order valence-electron chi connectivity index (χ3n) is 3.80. The van der Waals surface area contributed by atoms with Gasteiger partial charge in [0, 0.05) is 5.75 Å². The summed E-state index contributed by atoms with van der Waals surface area (Å²) in [7, 11) is 0. The summed E-state index contributed by atoms with van der Waals surface area (Å²) in [5.74, 6) is -1.34. The molecule has 0 atom stereocenters. The Morgan fingerprint density at radius 1 is 1.38 bits per heavy atom. The number of thioether (sulfide) groups is 1. The maximum Gasteiger partial charge on any atom is 0.336 e. The fourth-order valence-electron chi connectivity index (χ4n) is 2.68. The number of anilines is 1. The molecule has 0 spiro atoms. The number of ether oxygens (including phenoxy) is 1. The summed E-state index contributed by atoms with van der Waals surface area (Å²) in [6.45, 7) is 7.33. The predicted octanol–water partition coefficient (Wildman–Crippen LogP) is 3.89. The average molecular weight is 353 g/mol. The van der Waals surface area contributed by atoms with E-state index in [1.165, 1.54) is 17.8 Å². The topological polar surface area (TPSA) is 75.6 Å². The molecule has 0 fully saturated rings. The van der Waals surface area contributed by atoms with Crippen LogP contribution in [0, 0.1) is 12.7 Å². The second-order valence-electron chi connectivity index (χ2n) is 5.82. The minimum Gasteiger partial charge on any atom is -0.496 e. The predicted molar refractivity (Wildman–Crippen MR) is 91.9 cm³/mol. The van der Waals surface area contributed by atoms with Crippen molar-refractivity contribution in [3.05, 3.63) is 39.2 Å². The van der Waals surface area contributed by atoms with Crippen molar-refractivity contribution >= 4 is 29.3 Å². The minimum absolute atomic E-state index is 0.0198. The van der Waals surface area contributed by atoms with Crippen LogP contribution >= 0.6 is 11.8 Å². The van der Waals surface area contributed by atoms with E-state index in [-0.39, 0.29) is 17.2 Å². The van der Waals surface area contributed by atoms with Crippen LogP contribution in [0.15, 0.2) is 16.7 Å². The molecule has 1 aliphatic rings. The second kappa shape index (κ2) is 7.25. The Morgan fingerprint density at radius 3 is 2.58 bits per heavy atom. The summed E-state index contributed by atoms with van der Waals surface area (Å²) < 4.78 is 20.1. The Kier molecular flexibility index (Phi) is 5.54. The summed E-state index contributed by atoms with van der Waals surface area (Å²) in [5, 5.41) is 11.8. The van der Waals surface area contributed by atoms with Gasteiger partial charge in [-0.15, -0.1) is 11.8 Å². The lowest BCUT2D eigenvalue weighted by Gasteiger charge is -2.20. The van der Waals surface area contributed by atoms with Crippen molar-refractivity contribution < 1.29 is 23.8 Å².